The number of thiophene rings is 1. The van der Waals surface area contributed by atoms with E-state index < -0.39 is 0 Å². The van der Waals surface area contributed by atoms with Crippen molar-refractivity contribution in [2.24, 2.45) is 0 Å². The second kappa shape index (κ2) is 6.19. The average Bonchev–Trinajstić information content (AvgIpc) is 3.11. The number of ketones is 1. The molecule has 0 aliphatic carbocycles. The molecule has 108 valence electrons. The second-order valence-corrected chi connectivity index (χ2v) is 7.50. The van der Waals surface area contributed by atoms with Crippen LogP contribution in [0.1, 0.15) is 29.3 Å². The number of ether oxygens (including phenoxy) is 1. The van der Waals surface area contributed by atoms with Crippen molar-refractivity contribution in [2.75, 3.05) is 6.61 Å². The lowest BCUT2D eigenvalue weighted by Crippen LogP contribution is -2.01. The van der Waals surface area contributed by atoms with Crippen LogP contribution in [-0.2, 0) is 0 Å². The first-order chi connectivity index (χ1) is 10.2. The van der Waals surface area contributed by atoms with Gasteiger partial charge >= 0.3 is 0 Å². The van der Waals surface area contributed by atoms with Crippen molar-refractivity contribution >= 4 is 50.6 Å². The largest absolute Gasteiger partial charge is 0.493 e. The van der Waals surface area contributed by atoms with Crippen LogP contribution in [0.25, 0.3) is 10.9 Å². The summed E-state index contributed by atoms with van der Waals surface area (Å²) < 4.78 is 6.90. The average molecular weight is 411 g/mol. The normalized spacial score (nSPS) is 11.0. The van der Waals surface area contributed by atoms with Crippen molar-refractivity contribution in [3.8, 4) is 5.75 Å². The Morgan fingerprint density at radius 1 is 1.43 bits per heavy atom. The van der Waals surface area contributed by atoms with Gasteiger partial charge in [0.2, 0.25) is 0 Å². The Kier molecular flexibility index (Phi) is 4.30. The number of fused-ring (bicyclic) bond motifs is 1. The van der Waals surface area contributed by atoms with Crippen LogP contribution >= 0.6 is 33.9 Å². The summed E-state index contributed by atoms with van der Waals surface area (Å²) >= 11 is 3.81. The highest BCUT2D eigenvalue weighted by Gasteiger charge is 2.18. The molecule has 0 bridgehead atoms. The zero-order chi connectivity index (χ0) is 14.8. The molecular weight excluding hydrogens is 397 g/mol. The molecule has 0 radical (unpaired) electrons. The molecule has 0 aliphatic heterocycles. The number of carbonyl (C=O) groups is 1. The summed E-state index contributed by atoms with van der Waals surface area (Å²) in [4.78, 5) is 15.9. The maximum Gasteiger partial charge on any atom is 0.196 e. The number of aromatic nitrogens is 1. The van der Waals surface area contributed by atoms with E-state index in [1.807, 2.05) is 29.6 Å². The number of aromatic amines is 1. The van der Waals surface area contributed by atoms with Crippen molar-refractivity contribution in [3.63, 3.8) is 0 Å². The monoisotopic (exact) mass is 411 g/mol. The zero-order valence-corrected chi connectivity index (χ0v) is 14.5. The lowest BCUT2D eigenvalue weighted by Gasteiger charge is -2.07. The van der Waals surface area contributed by atoms with E-state index in [9.17, 15) is 4.79 Å². The van der Waals surface area contributed by atoms with Gasteiger partial charge in [0, 0.05) is 22.7 Å². The van der Waals surface area contributed by atoms with Crippen molar-refractivity contribution in [1.29, 1.82) is 0 Å². The number of nitrogens with one attached hydrogen (secondary N) is 1. The van der Waals surface area contributed by atoms with Crippen molar-refractivity contribution in [1.82, 2.24) is 4.98 Å². The molecule has 2 aromatic heterocycles. The number of H-pyrrole nitrogens is 1. The maximum atomic E-state index is 12.7. The number of carbonyl (C=O) groups excluding carboxylic acids is 1. The lowest BCUT2D eigenvalue weighted by molar-refractivity contribution is 0.104. The fourth-order valence-corrected chi connectivity index (χ4v) is 3.57. The predicted molar refractivity (Wildman–Crippen MR) is 94.6 cm³/mol. The number of hydrogen-bond acceptors (Lipinski definition) is 3. The minimum atomic E-state index is 0.0352. The summed E-state index contributed by atoms with van der Waals surface area (Å²) in [5.74, 6) is 0.803. The quantitative estimate of drug-likeness (QED) is 0.482. The molecular formula is C16H14INO2S. The standard InChI is InChI=1S/C16H14INO2S/c1-2-6-20-13-5-3-4-12-15(13)11(8-18-12)16(19)10-7-14(17)21-9-10/h3-5,7-9,18H,2,6H2,1H3. The molecule has 0 amide bonds. The van der Waals surface area contributed by atoms with Crippen LogP contribution in [0.2, 0.25) is 0 Å². The third kappa shape index (κ3) is 2.85. The topological polar surface area (TPSA) is 42.1 Å². The van der Waals surface area contributed by atoms with E-state index in [0.29, 0.717) is 12.2 Å². The Morgan fingerprint density at radius 2 is 2.29 bits per heavy atom. The molecule has 1 N–H and O–H groups in total. The summed E-state index contributed by atoms with van der Waals surface area (Å²) in [6.07, 6.45) is 2.71. The maximum absolute atomic E-state index is 12.7. The van der Waals surface area contributed by atoms with Gasteiger partial charge in [-0.2, -0.15) is 0 Å². The smallest absolute Gasteiger partial charge is 0.196 e. The van der Waals surface area contributed by atoms with Crippen molar-refractivity contribution in [3.05, 3.63) is 49.9 Å². The SMILES string of the molecule is CCCOc1cccc2[nH]cc(C(=O)c3csc(I)c3)c12. The number of benzene rings is 1. The van der Waals surface area contributed by atoms with Gasteiger partial charge in [0.25, 0.3) is 0 Å². The Labute approximate surface area is 140 Å². The molecule has 0 fully saturated rings. The third-order valence-corrected chi connectivity index (χ3v) is 4.99. The fraction of sp³-hybridized carbons (Fsp3) is 0.188. The van der Waals surface area contributed by atoms with E-state index in [2.05, 4.69) is 34.5 Å². The van der Waals surface area contributed by atoms with Gasteiger partial charge in [0.15, 0.2) is 5.78 Å². The molecule has 0 aliphatic rings. The third-order valence-electron chi connectivity index (χ3n) is 3.20. The van der Waals surface area contributed by atoms with Gasteiger partial charge in [0.05, 0.1) is 20.4 Å². The van der Waals surface area contributed by atoms with Crippen LogP contribution in [0.3, 0.4) is 0 Å². The molecule has 2 heterocycles. The molecule has 3 rings (SSSR count). The first-order valence-corrected chi connectivity index (χ1v) is 8.68. The van der Waals surface area contributed by atoms with E-state index in [4.69, 9.17) is 4.74 Å². The molecule has 0 saturated heterocycles. The van der Waals surface area contributed by atoms with Crippen molar-refractivity contribution < 1.29 is 9.53 Å². The van der Waals surface area contributed by atoms with E-state index in [1.165, 1.54) is 0 Å². The highest BCUT2D eigenvalue weighted by molar-refractivity contribution is 14.1. The summed E-state index contributed by atoms with van der Waals surface area (Å²) in [5, 5.41) is 2.77. The van der Waals surface area contributed by atoms with Crippen LogP contribution in [0.4, 0.5) is 0 Å². The first-order valence-electron chi connectivity index (χ1n) is 6.72. The number of halogens is 1. The highest BCUT2D eigenvalue weighted by Crippen LogP contribution is 2.31. The minimum Gasteiger partial charge on any atom is -0.493 e. The minimum absolute atomic E-state index is 0.0352. The number of hydrogen-bond donors (Lipinski definition) is 1. The van der Waals surface area contributed by atoms with Gasteiger partial charge in [-0.1, -0.05) is 13.0 Å². The predicted octanol–water partition coefficient (Wildman–Crippen LogP) is 4.85. The molecule has 3 nitrogen and oxygen atoms in total. The van der Waals surface area contributed by atoms with Crippen LogP contribution in [-0.4, -0.2) is 17.4 Å². The Morgan fingerprint density at radius 3 is 3.00 bits per heavy atom. The summed E-state index contributed by atoms with van der Waals surface area (Å²) in [6.45, 7) is 2.71. The summed E-state index contributed by atoms with van der Waals surface area (Å²) in [5.41, 5.74) is 2.33. The molecule has 0 spiro atoms. The molecule has 0 saturated carbocycles. The lowest BCUT2D eigenvalue weighted by atomic mass is 10.0. The van der Waals surface area contributed by atoms with E-state index in [-0.39, 0.29) is 5.78 Å². The Bertz CT molecular complexity index is 791. The van der Waals surface area contributed by atoms with Crippen LogP contribution in [0.5, 0.6) is 5.75 Å². The zero-order valence-electron chi connectivity index (χ0n) is 11.5. The van der Waals surface area contributed by atoms with Gasteiger partial charge in [-0.25, -0.2) is 0 Å². The van der Waals surface area contributed by atoms with Gasteiger partial charge in [0.1, 0.15) is 5.75 Å². The molecule has 3 aromatic rings. The molecule has 0 atom stereocenters. The molecule has 21 heavy (non-hydrogen) atoms. The first kappa shape index (κ1) is 14.6. The molecule has 0 unspecified atom stereocenters. The van der Waals surface area contributed by atoms with Gasteiger partial charge in [-0.3, -0.25) is 4.79 Å². The van der Waals surface area contributed by atoms with Gasteiger partial charge in [-0.15, -0.1) is 11.3 Å². The molecule has 1 aromatic carbocycles. The van der Waals surface area contributed by atoms with Crippen LogP contribution in [0, 0.1) is 2.88 Å². The summed E-state index contributed by atoms with van der Waals surface area (Å²) in [7, 11) is 0. The van der Waals surface area contributed by atoms with Crippen LogP contribution in [0.15, 0.2) is 35.8 Å². The summed E-state index contributed by atoms with van der Waals surface area (Å²) in [6, 6.07) is 7.73. The van der Waals surface area contributed by atoms with E-state index in [1.54, 1.807) is 17.5 Å². The number of rotatable bonds is 5. The van der Waals surface area contributed by atoms with Gasteiger partial charge < -0.3 is 9.72 Å². The fourth-order valence-electron chi connectivity index (χ4n) is 2.25. The molecule has 5 heteroatoms. The second-order valence-electron chi connectivity index (χ2n) is 4.70. The van der Waals surface area contributed by atoms with E-state index >= 15 is 0 Å². The Hall–Kier alpha value is -1.34. The Balaban J connectivity index is 2.08. The van der Waals surface area contributed by atoms with E-state index in [0.717, 1.165) is 31.5 Å². The van der Waals surface area contributed by atoms with Crippen molar-refractivity contribution in [2.45, 2.75) is 13.3 Å². The highest BCUT2D eigenvalue weighted by atomic mass is 127. The van der Waals surface area contributed by atoms with Gasteiger partial charge in [-0.05, 0) is 47.2 Å². The van der Waals surface area contributed by atoms with Crippen LogP contribution < -0.4 is 4.74 Å².